The van der Waals surface area contributed by atoms with Gasteiger partial charge in [0, 0.05) is 12.8 Å². The molecule has 0 saturated carbocycles. The summed E-state index contributed by atoms with van der Waals surface area (Å²) >= 11 is 0. The molecule has 5 heteroatoms. The number of benzene rings is 3. The molecule has 1 fully saturated rings. The first kappa shape index (κ1) is 29.3. The molecule has 1 saturated heterocycles. The van der Waals surface area contributed by atoms with Gasteiger partial charge in [0.1, 0.15) is 5.75 Å². The van der Waals surface area contributed by atoms with Gasteiger partial charge in [0.05, 0.1) is 26.4 Å². The number of hydrogen-bond acceptors (Lipinski definition) is 4. The predicted octanol–water partition coefficient (Wildman–Crippen LogP) is 7.02. The smallest absolute Gasteiger partial charge is 0.261 e. The third kappa shape index (κ3) is 6.90. The number of allylic oxidation sites excluding steroid dienone is 1. The van der Waals surface area contributed by atoms with E-state index in [1.165, 1.54) is 10.4 Å². The highest BCUT2D eigenvalue weighted by atomic mass is 28.4. The molecule has 3 aromatic rings. The monoisotopic (exact) mass is 544 g/mol. The van der Waals surface area contributed by atoms with Crippen molar-refractivity contribution in [3.63, 3.8) is 0 Å². The topological polar surface area (TPSA) is 36.9 Å². The van der Waals surface area contributed by atoms with Crippen molar-refractivity contribution in [3.8, 4) is 5.75 Å². The van der Waals surface area contributed by atoms with Crippen LogP contribution < -0.4 is 15.1 Å². The molecule has 1 aliphatic rings. The molecular formula is C34H44O4Si. The van der Waals surface area contributed by atoms with Gasteiger partial charge < -0.3 is 18.6 Å². The molecule has 2 atom stereocenters. The molecule has 0 aromatic heterocycles. The van der Waals surface area contributed by atoms with E-state index in [9.17, 15) is 0 Å². The molecule has 0 N–H and O–H groups in total. The van der Waals surface area contributed by atoms with E-state index in [1.54, 1.807) is 7.11 Å². The molecule has 0 bridgehead atoms. The Balaban J connectivity index is 1.56. The Kier molecular flexibility index (Phi) is 9.84. The molecule has 39 heavy (non-hydrogen) atoms. The van der Waals surface area contributed by atoms with Gasteiger partial charge in [-0.1, -0.05) is 99.6 Å². The van der Waals surface area contributed by atoms with E-state index in [1.807, 2.05) is 30.3 Å². The van der Waals surface area contributed by atoms with Gasteiger partial charge >= 0.3 is 0 Å². The van der Waals surface area contributed by atoms with Gasteiger partial charge in [-0.2, -0.15) is 0 Å². The first-order chi connectivity index (χ1) is 18.8. The van der Waals surface area contributed by atoms with Crippen LogP contribution >= 0.6 is 0 Å². The van der Waals surface area contributed by atoms with Crippen molar-refractivity contribution in [2.24, 2.45) is 0 Å². The van der Waals surface area contributed by atoms with Gasteiger partial charge in [0.15, 0.2) is 5.79 Å². The molecule has 1 heterocycles. The molecule has 0 aliphatic carbocycles. The third-order valence-electron chi connectivity index (χ3n) is 7.76. The molecule has 3 aromatic carbocycles. The second kappa shape index (κ2) is 13.1. The summed E-state index contributed by atoms with van der Waals surface area (Å²) in [5.74, 6) is 0.195. The molecule has 0 spiro atoms. The van der Waals surface area contributed by atoms with Crippen LogP contribution in [0.1, 0.15) is 58.4 Å². The maximum atomic E-state index is 7.22. The fraction of sp³-hybridized carbons (Fsp3) is 0.412. The molecule has 4 nitrogen and oxygen atoms in total. The van der Waals surface area contributed by atoms with Gasteiger partial charge in [-0.05, 0) is 52.4 Å². The lowest BCUT2D eigenvalue weighted by Crippen LogP contribution is -2.67. The van der Waals surface area contributed by atoms with E-state index in [-0.39, 0.29) is 11.1 Å². The summed E-state index contributed by atoms with van der Waals surface area (Å²) in [6, 6.07) is 29.6. The van der Waals surface area contributed by atoms with E-state index in [2.05, 4.69) is 88.0 Å². The number of hydrogen-bond donors (Lipinski definition) is 0. The molecular weight excluding hydrogens is 500 g/mol. The Morgan fingerprint density at radius 2 is 1.56 bits per heavy atom. The van der Waals surface area contributed by atoms with Crippen molar-refractivity contribution in [3.05, 3.63) is 103 Å². The van der Waals surface area contributed by atoms with Crippen LogP contribution in [-0.4, -0.2) is 33.9 Å². The van der Waals surface area contributed by atoms with Crippen molar-refractivity contribution in [2.75, 3.05) is 13.7 Å². The van der Waals surface area contributed by atoms with Gasteiger partial charge in [-0.3, -0.25) is 0 Å². The Bertz CT molecular complexity index is 1120. The van der Waals surface area contributed by atoms with Crippen LogP contribution in [0.15, 0.2) is 97.6 Å². The number of methoxy groups -OCH3 is 1. The fourth-order valence-electron chi connectivity index (χ4n) is 5.74. The Morgan fingerprint density at radius 3 is 2.10 bits per heavy atom. The Morgan fingerprint density at radius 1 is 0.949 bits per heavy atom. The van der Waals surface area contributed by atoms with Crippen molar-refractivity contribution in [1.82, 2.24) is 0 Å². The van der Waals surface area contributed by atoms with E-state index in [4.69, 9.17) is 18.6 Å². The predicted molar refractivity (Wildman–Crippen MR) is 162 cm³/mol. The van der Waals surface area contributed by atoms with Crippen molar-refractivity contribution < 1.29 is 18.6 Å². The summed E-state index contributed by atoms with van der Waals surface area (Å²) in [6.07, 6.45) is 6.39. The standard InChI is InChI=1S/C34H44O4Si/c1-6-7-24-34(36-26-28-20-22-29(35-5)23-21-28)25-14-15-30(38-34)27-37-39(33(2,3)4,31-16-10-8-11-17-31)32-18-12-9-13-19-32/h6,8-13,16-23,30H,1,7,14-15,24-27H2,2-5H3/t30-,34-/m0/s1. The maximum Gasteiger partial charge on any atom is 0.261 e. The molecule has 4 rings (SSSR count). The lowest BCUT2D eigenvalue weighted by molar-refractivity contribution is -0.291. The SMILES string of the molecule is C=CCC[C@@]1(OCc2ccc(OC)cc2)CCC[C@@H](CO[Si](c2ccccc2)(c2ccccc2)C(C)(C)C)O1. The van der Waals surface area contributed by atoms with E-state index in [0.717, 1.165) is 43.4 Å². The van der Waals surface area contributed by atoms with Gasteiger partial charge in [0.2, 0.25) is 0 Å². The lowest BCUT2D eigenvalue weighted by atomic mass is 9.97. The molecule has 0 radical (unpaired) electrons. The minimum absolute atomic E-state index is 0.0407. The van der Waals surface area contributed by atoms with Crippen LogP contribution in [0.4, 0.5) is 0 Å². The van der Waals surface area contributed by atoms with Gasteiger partial charge in [0.25, 0.3) is 8.32 Å². The van der Waals surface area contributed by atoms with Crippen LogP contribution in [-0.2, 0) is 20.5 Å². The highest BCUT2D eigenvalue weighted by Crippen LogP contribution is 2.39. The Labute approximate surface area is 236 Å². The first-order valence-corrected chi connectivity index (χ1v) is 16.0. The number of ether oxygens (including phenoxy) is 3. The number of rotatable bonds is 12. The largest absolute Gasteiger partial charge is 0.497 e. The van der Waals surface area contributed by atoms with Crippen LogP contribution in [0.3, 0.4) is 0 Å². The average Bonchev–Trinajstić information content (AvgIpc) is 2.96. The van der Waals surface area contributed by atoms with Gasteiger partial charge in [-0.15, -0.1) is 6.58 Å². The van der Waals surface area contributed by atoms with Crippen molar-refractivity contribution in [2.45, 2.75) is 76.4 Å². The fourth-order valence-corrected chi connectivity index (χ4v) is 10.3. The summed E-state index contributed by atoms with van der Waals surface area (Å²) in [6.45, 7) is 11.9. The Hall–Kier alpha value is -2.70. The lowest BCUT2D eigenvalue weighted by Gasteiger charge is -2.45. The summed E-state index contributed by atoms with van der Waals surface area (Å²) < 4.78 is 25.9. The zero-order chi connectivity index (χ0) is 27.8. The van der Waals surface area contributed by atoms with Crippen LogP contribution in [0.25, 0.3) is 0 Å². The van der Waals surface area contributed by atoms with Crippen LogP contribution in [0.2, 0.25) is 5.04 Å². The van der Waals surface area contributed by atoms with Crippen LogP contribution in [0, 0.1) is 0 Å². The second-order valence-corrected chi connectivity index (χ2v) is 15.8. The second-order valence-electron chi connectivity index (χ2n) is 11.5. The van der Waals surface area contributed by atoms with E-state index < -0.39 is 14.1 Å². The molecule has 208 valence electrons. The zero-order valence-electron chi connectivity index (χ0n) is 24.0. The highest BCUT2D eigenvalue weighted by Gasteiger charge is 2.51. The summed E-state index contributed by atoms with van der Waals surface area (Å²) in [5.41, 5.74) is 1.10. The van der Waals surface area contributed by atoms with E-state index >= 15 is 0 Å². The summed E-state index contributed by atoms with van der Waals surface area (Å²) in [7, 11) is -0.953. The average molecular weight is 545 g/mol. The minimum Gasteiger partial charge on any atom is -0.497 e. The first-order valence-electron chi connectivity index (χ1n) is 14.1. The van der Waals surface area contributed by atoms with Crippen LogP contribution in [0.5, 0.6) is 5.75 Å². The summed E-state index contributed by atoms with van der Waals surface area (Å²) in [5, 5.41) is 2.50. The van der Waals surface area contributed by atoms with Crippen molar-refractivity contribution in [1.29, 1.82) is 0 Å². The maximum absolute atomic E-state index is 7.22. The quantitative estimate of drug-likeness (QED) is 0.181. The minimum atomic E-state index is -2.63. The third-order valence-corrected chi connectivity index (χ3v) is 12.8. The van der Waals surface area contributed by atoms with E-state index in [0.29, 0.717) is 13.2 Å². The molecule has 0 amide bonds. The molecule has 0 unspecified atom stereocenters. The summed E-state index contributed by atoms with van der Waals surface area (Å²) in [4.78, 5) is 0. The van der Waals surface area contributed by atoms with Crippen molar-refractivity contribution >= 4 is 18.7 Å². The molecule has 1 aliphatic heterocycles. The van der Waals surface area contributed by atoms with Gasteiger partial charge in [-0.25, -0.2) is 0 Å². The highest BCUT2D eigenvalue weighted by molar-refractivity contribution is 6.99. The zero-order valence-corrected chi connectivity index (χ0v) is 25.0. The normalized spacial score (nSPS) is 19.9.